The van der Waals surface area contributed by atoms with Crippen LogP contribution in [0.4, 0.5) is 5.82 Å². The van der Waals surface area contributed by atoms with Crippen LogP contribution in [-0.4, -0.2) is 58.8 Å². The van der Waals surface area contributed by atoms with Crippen LogP contribution in [-0.2, 0) is 4.74 Å². The molecule has 3 rings (SSSR count). The number of rotatable bonds is 6. The van der Waals surface area contributed by atoms with Crippen molar-refractivity contribution in [1.82, 2.24) is 20.0 Å². The molecule has 0 spiro atoms. The number of hydrogen-bond acceptors (Lipinski definition) is 8. The van der Waals surface area contributed by atoms with Gasteiger partial charge in [0.2, 0.25) is 5.89 Å². The first kappa shape index (κ1) is 19.3. The largest absolute Gasteiger partial charge is 0.462 e. The molecule has 2 aromatic heterocycles. The van der Waals surface area contributed by atoms with Gasteiger partial charge in [-0.2, -0.15) is 4.98 Å². The minimum Gasteiger partial charge on any atom is -0.462 e. The van der Waals surface area contributed by atoms with Gasteiger partial charge in [-0.1, -0.05) is 19.0 Å². The number of hydrogen-bond donors (Lipinski definition) is 0. The predicted molar refractivity (Wildman–Crippen MR) is 101 cm³/mol. The molecule has 0 bridgehead atoms. The monoisotopic (exact) mass is 373 g/mol. The van der Waals surface area contributed by atoms with Gasteiger partial charge in [0.25, 0.3) is 0 Å². The van der Waals surface area contributed by atoms with Crippen molar-refractivity contribution < 1.29 is 14.1 Å². The molecule has 0 unspecified atom stereocenters. The average molecular weight is 373 g/mol. The van der Waals surface area contributed by atoms with E-state index in [2.05, 4.69) is 45.7 Å². The maximum atomic E-state index is 11.7. The van der Waals surface area contributed by atoms with E-state index in [-0.39, 0.29) is 17.9 Å². The molecular weight excluding hydrogens is 346 g/mol. The molecule has 8 nitrogen and oxygen atoms in total. The van der Waals surface area contributed by atoms with Crippen LogP contribution in [0.5, 0.6) is 0 Å². The van der Waals surface area contributed by atoms with E-state index in [4.69, 9.17) is 9.26 Å². The summed E-state index contributed by atoms with van der Waals surface area (Å²) >= 11 is 0. The Hall–Kier alpha value is -2.48. The minimum absolute atomic E-state index is 0.0892. The van der Waals surface area contributed by atoms with E-state index in [1.807, 2.05) is 6.07 Å². The summed E-state index contributed by atoms with van der Waals surface area (Å²) < 4.78 is 10.4. The van der Waals surface area contributed by atoms with Crippen molar-refractivity contribution >= 4 is 11.8 Å². The summed E-state index contributed by atoms with van der Waals surface area (Å²) in [6.45, 7) is 11.8. The van der Waals surface area contributed by atoms with Gasteiger partial charge in [0, 0.05) is 38.3 Å². The number of piperazine rings is 1. The molecule has 146 valence electrons. The number of carbonyl (C=O) groups is 1. The number of ether oxygens (including phenoxy) is 1. The molecule has 3 heterocycles. The first-order valence-electron chi connectivity index (χ1n) is 9.45. The summed E-state index contributed by atoms with van der Waals surface area (Å²) in [5, 5.41) is 4.06. The van der Waals surface area contributed by atoms with Crippen LogP contribution in [0.1, 0.15) is 61.7 Å². The Balaban J connectivity index is 1.57. The fraction of sp³-hybridized carbons (Fsp3) is 0.579. The highest BCUT2D eigenvalue weighted by Gasteiger charge is 2.26. The molecule has 1 aliphatic heterocycles. The Morgan fingerprint density at radius 1 is 1.22 bits per heavy atom. The van der Waals surface area contributed by atoms with Gasteiger partial charge in [-0.05, 0) is 26.0 Å². The Labute approximate surface area is 159 Å². The highest BCUT2D eigenvalue weighted by Crippen LogP contribution is 2.23. The maximum absolute atomic E-state index is 11.7. The number of esters is 1. The standard InChI is InChI=1S/C19H27N5O3/c1-5-26-19(25)15-6-7-16(20-12-15)24-10-8-23(9-11-24)14(4)18-21-17(13(2)3)22-27-18/h6-7,12-14H,5,8-11H2,1-4H3/t14-/m0/s1. The molecule has 0 saturated carbocycles. The van der Waals surface area contributed by atoms with Crippen molar-refractivity contribution in [2.75, 3.05) is 37.7 Å². The Morgan fingerprint density at radius 2 is 1.96 bits per heavy atom. The van der Waals surface area contributed by atoms with Crippen LogP contribution >= 0.6 is 0 Å². The highest BCUT2D eigenvalue weighted by atomic mass is 16.5. The van der Waals surface area contributed by atoms with Gasteiger partial charge in [0.15, 0.2) is 5.82 Å². The summed E-state index contributed by atoms with van der Waals surface area (Å²) in [7, 11) is 0. The molecule has 8 heteroatoms. The molecule has 0 amide bonds. The lowest BCUT2D eigenvalue weighted by Gasteiger charge is -2.37. The maximum Gasteiger partial charge on any atom is 0.339 e. The first-order valence-corrected chi connectivity index (χ1v) is 9.45. The molecule has 1 atom stereocenters. The molecular formula is C19H27N5O3. The van der Waals surface area contributed by atoms with Crippen LogP contribution in [0.2, 0.25) is 0 Å². The van der Waals surface area contributed by atoms with Crippen LogP contribution < -0.4 is 4.90 Å². The van der Waals surface area contributed by atoms with E-state index in [0.717, 1.165) is 37.8 Å². The van der Waals surface area contributed by atoms with Crippen molar-refractivity contribution in [3.8, 4) is 0 Å². The third kappa shape index (κ3) is 4.44. The SMILES string of the molecule is CCOC(=O)c1ccc(N2CCN([C@@H](C)c3nc(C(C)C)no3)CC2)nc1. The highest BCUT2D eigenvalue weighted by molar-refractivity contribution is 5.89. The number of anilines is 1. The second-order valence-electron chi connectivity index (χ2n) is 6.97. The topological polar surface area (TPSA) is 84.6 Å². The van der Waals surface area contributed by atoms with Gasteiger partial charge in [0.1, 0.15) is 5.82 Å². The summed E-state index contributed by atoms with van der Waals surface area (Å²) in [4.78, 5) is 25.2. The molecule has 1 fully saturated rings. The number of pyridine rings is 1. The smallest absolute Gasteiger partial charge is 0.339 e. The van der Waals surface area contributed by atoms with Crippen molar-refractivity contribution in [3.05, 3.63) is 35.6 Å². The van der Waals surface area contributed by atoms with E-state index in [0.29, 0.717) is 18.1 Å². The van der Waals surface area contributed by atoms with Gasteiger partial charge in [-0.3, -0.25) is 4.90 Å². The fourth-order valence-electron chi connectivity index (χ4n) is 3.05. The van der Waals surface area contributed by atoms with Crippen LogP contribution in [0, 0.1) is 0 Å². The molecule has 27 heavy (non-hydrogen) atoms. The summed E-state index contributed by atoms with van der Waals surface area (Å²) in [5.41, 5.74) is 0.477. The number of carbonyl (C=O) groups excluding carboxylic acids is 1. The minimum atomic E-state index is -0.337. The van der Waals surface area contributed by atoms with E-state index in [9.17, 15) is 4.79 Å². The Kier molecular flexibility index (Phi) is 6.05. The van der Waals surface area contributed by atoms with Crippen LogP contribution in [0.25, 0.3) is 0 Å². The molecule has 2 aromatic rings. The zero-order chi connectivity index (χ0) is 19.4. The van der Waals surface area contributed by atoms with Gasteiger partial charge in [0.05, 0.1) is 18.2 Å². The molecule has 0 aliphatic carbocycles. The zero-order valence-electron chi connectivity index (χ0n) is 16.4. The first-order chi connectivity index (χ1) is 13.0. The summed E-state index contributed by atoms with van der Waals surface area (Å²) in [5.74, 6) is 2.21. The Morgan fingerprint density at radius 3 is 2.52 bits per heavy atom. The van der Waals surface area contributed by atoms with Crippen molar-refractivity contribution in [1.29, 1.82) is 0 Å². The van der Waals surface area contributed by atoms with Crippen LogP contribution in [0.15, 0.2) is 22.9 Å². The molecule has 1 saturated heterocycles. The lowest BCUT2D eigenvalue weighted by atomic mass is 10.2. The van der Waals surface area contributed by atoms with Gasteiger partial charge >= 0.3 is 5.97 Å². The van der Waals surface area contributed by atoms with E-state index in [1.165, 1.54) is 0 Å². The van der Waals surface area contributed by atoms with Crippen molar-refractivity contribution in [2.45, 2.75) is 39.7 Å². The summed E-state index contributed by atoms with van der Waals surface area (Å²) in [6.07, 6.45) is 1.58. The number of aromatic nitrogens is 3. The quantitative estimate of drug-likeness (QED) is 0.715. The van der Waals surface area contributed by atoms with E-state index >= 15 is 0 Å². The second kappa shape index (κ2) is 8.47. The van der Waals surface area contributed by atoms with Crippen LogP contribution in [0.3, 0.4) is 0 Å². The van der Waals surface area contributed by atoms with Gasteiger partial charge in [-0.15, -0.1) is 0 Å². The third-order valence-electron chi connectivity index (χ3n) is 4.78. The van der Waals surface area contributed by atoms with Crippen molar-refractivity contribution in [3.63, 3.8) is 0 Å². The normalized spacial score (nSPS) is 16.6. The van der Waals surface area contributed by atoms with Gasteiger partial charge < -0.3 is 14.2 Å². The fourth-order valence-corrected chi connectivity index (χ4v) is 3.05. The van der Waals surface area contributed by atoms with E-state index < -0.39 is 0 Å². The van der Waals surface area contributed by atoms with Gasteiger partial charge in [-0.25, -0.2) is 9.78 Å². The molecule has 0 N–H and O–H groups in total. The lowest BCUT2D eigenvalue weighted by molar-refractivity contribution is 0.0526. The molecule has 0 radical (unpaired) electrons. The predicted octanol–water partition coefficient (Wildman–Crippen LogP) is 2.65. The average Bonchev–Trinajstić information content (AvgIpc) is 3.18. The second-order valence-corrected chi connectivity index (χ2v) is 6.97. The summed E-state index contributed by atoms with van der Waals surface area (Å²) in [6, 6.07) is 3.73. The third-order valence-corrected chi connectivity index (χ3v) is 4.78. The molecule has 1 aliphatic rings. The lowest BCUT2D eigenvalue weighted by Crippen LogP contribution is -2.47. The molecule has 0 aromatic carbocycles. The zero-order valence-corrected chi connectivity index (χ0v) is 16.4. The number of nitrogens with zero attached hydrogens (tertiary/aromatic N) is 5. The Bertz CT molecular complexity index is 751. The van der Waals surface area contributed by atoms with Crippen molar-refractivity contribution in [2.24, 2.45) is 0 Å². The van der Waals surface area contributed by atoms with E-state index in [1.54, 1.807) is 19.2 Å².